The lowest BCUT2D eigenvalue weighted by Crippen LogP contribution is -2.25. The second kappa shape index (κ2) is 11.3. The Kier molecular flexibility index (Phi) is 9.07. The first kappa shape index (κ1) is 21.7. The van der Waals surface area contributed by atoms with Crippen molar-refractivity contribution in [2.24, 2.45) is 10.1 Å². The van der Waals surface area contributed by atoms with Crippen molar-refractivity contribution in [1.82, 2.24) is 9.88 Å². The molecule has 148 valence electrons. The van der Waals surface area contributed by atoms with E-state index in [0.717, 1.165) is 53.8 Å². The average Bonchev–Trinajstić information content (AvgIpc) is 2.67. The van der Waals surface area contributed by atoms with Gasteiger partial charge in [-0.15, -0.1) is 0 Å². The zero-order valence-corrected chi connectivity index (χ0v) is 18.3. The van der Waals surface area contributed by atoms with Crippen LogP contribution in [0.5, 0.6) is 5.88 Å². The maximum atomic E-state index is 6.12. The highest BCUT2D eigenvalue weighted by atomic mass is 79.9. The molecule has 1 aromatic heterocycles. The van der Waals surface area contributed by atoms with Gasteiger partial charge in [0.1, 0.15) is 12.7 Å². The molecule has 0 saturated heterocycles. The average molecular weight is 458 g/mol. The van der Waals surface area contributed by atoms with Gasteiger partial charge in [0.2, 0.25) is 5.88 Å². The fourth-order valence-corrected chi connectivity index (χ4v) is 2.98. The third-order valence-electron chi connectivity index (χ3n) is 4.24. The molecule has 2 rings (SSSR count). The SMILES string of the molecule is CCN(C)C=Nc1cc(Br)c(OC2CCC(=NOCC=CCl)CC2)nc1C. The van der Waals surface area contributed by atoms with Crippen LogP contribution in [0.3, 0.4) is 0 Å². The molecule has 1 heterocycles. The Hall–Kier alpha value is -1.60. The van der Waals surface area contributed by atoms with E-state index in [-0.39, 0.29) is 6.10 Å². The fraction of sp³-hybridized carbons (Fsp3) is 0.526. The van der Waals surface area contributed by atoms with Crippen molar-refractivity contribution in [2.45, 2.75) is 45.6 Å². The third kappa shape index (κ3) is 7.14. The quantitative estimate of drug-likeness (QED) is 0.233. The van der Waals surface area contributed by atoms with E-state index >= 15 is 0 Å². The molecule has 27 heavy (non-hydrogen) atoms. The minimum absolute atomic E-state index is 0.121. The third-order valence-corrected chi connectivity index (χ3v) is 4.99. The smallest absolute Gasteiger partial charge is 0.228 e. The van der Waals surface area contributed by atoms with Gasteiger partial charge in [-0.1, -0.05) is 16.8 Å². The zero-order chi connectivity index (χ0) is 19.6. The highest BCUT2D eigenvalue weighted by molar-refractivity contribution is 9.10. The molecule has 1 aliphatic rings. The van der Waals surface area contributed by atoms with Crippen LogP contribution in [-0.2, 0) is 4.84 Å². The summed E-state index contributed by atoms with van der Waals surface area (Å²) in [5, 5.41) is 4.15. The minimum atomic E-state index is 0.121. The highest BCUT2D eigenvalue weighted by Crippen LogP contribution is 2.32. The summed E-state index contributed by atoms with van der Waals surface area (Å²) in [5.74, 6) is 0.615. The van der Waals surface area contributed by atoms with Crippen LogP contribution in [0.2, 0.25) is 0 Å². The molecule has 0 amide bonds. The predicted octanol–water partition coefficient (Wildman–Crippen LogP) is 5.21. The first-order chi connectivity index (χ1) is 13.0. The number of aromatic nitrogens is 1. The van der Waals surface area contributed by atoms with Gasteiger partial charge in [0.25, 0.3) is 0 Å². The zero-order valence-electron chi connectivity index (χ0n) is 16.0. The number of aryl methyl sites for hydroxylation is 1. The Morgan fingerprint density at radius 1 is 1.41 bits per heavy atom. The Bertz CT molecular complexity index is 699. The van der Waals surface area contributed by atoms with Crippen molar-refractivity contribution in [3.8, 4) is 5.88 Å². The normalized spacial score (nSPS) is 17.5. The molecule has 0 bridgehead atoms. The van der Waals surface area contributed by atoms with Crippen LogP contribution in [-0.4, -0.2) is 48.2 Å². The molecule has 0 atom stereocenters. The molecule has 0 radical (unpaired) electrons. The summed E-state index contributed by atoms with van der Waals surface area (Å²) in [5.41, 5.74) is 4.16. The Balaban J connectivity index is 1.93. The molecule has 1 fully saturated rings. The van der Waals surface area contributed by atoms with Gasteiger partial charge in [-0.05, 0) is 67.6 Å². The maximum absolute atomic E-state index is 6.12. The van der Waals surface area contributed by atoms with Gasteiger partial charge in [0, 0.05) is 19.1 Å². The van der Waals surface area contributed by atoms with Crippen molar-refractivity contribution in [2.75, 3.05) is 20.2 Å². The van der Waals surface area contributed by atoms with Gasteiger partial charge >= 0.3 is 0 Å². The van der Waals surface area contributed by atoms with Crippen LogP contribution in [0.1, 0.15) is 38.3 Å². The maximum Gasteiger partial charge on any atom is 0.228 e. The second-order valence-electron chi connectivity index (χ2n) is 6.33. The van der Waals surface area contributed by atoms with Crippen molar-refractivity contribution in [1.29, 1.82) is 0 Å². The van der Waals surface area contributed by atoms with Crippen LogP contribution in [0.4, 0.5) is 5.69 Å². The summed E-state index contributed by atoms with van der Waals surface area (Å²) in [6.45, 7) is 5.31. The van der Waals surface area contributed by atoms with E-state index in [1.165, 1.54) is 5.54 Å². The second-order valence-corrected chi connectivity index (χ2v) is 7.44. The largest absolute Gasteiger partial charge is 0.474 e. The van der Waals surface area contributed by atoms with E-state index in [9.17, 15) is 0 Å². The summed E-state index contributed by atoms with van der Waals surface area (Å²) >= 11 is 9.00. The van der Waals surface area contributed by atoms with Gasteiger partial charge < -0.3 is 14.5 Å². The minimum Gasteiger partial charge on any atom is -0.474 e. The molecule has 1 aliphatic carbocycles. The number of oxime groups is 1. The molecule has 0 spiro atoms. The van der Waals surface area contributed by atoms with Crippen LogP contribution >= 0.6 is 27.5 Å². The van der Waals surface area contributed by atoms with Crippen molar-refractivity contribution < 1.29 is 9.57 Å². The van der Waals surface area contributed by atoms with Crippen LogP contribution in [0.25, 0.3) is 0 Å². The molecule has 1 saturated carbocycles. The van der Waals surface area contributed by atoms with Gasteiger partial charge in [0.15, 0.2) is 0 Å². The number of ether oxygens (including phenoxy) is 1. The summed E-state index contributed by atoms with van der Waals surface area (Å²) in [6, 6.07) is 1.95. The molecule has 1 aromatic rings. The number of hydrogen-bond acceptors (Lipinski definition) is 5. The highest BCUT2D eigenvalue weighted by Gasteiger charge is 2.21. The summed E-state index contributed by atoms with van der Waals surface area (Å²) in [6.07, 6.45) is 7.14. The molecule has 6 nitrogen and oxygen atoms in total. The van der Waals surface area contributed by atoms with E-state index in [4.69, 9.17) is 21.2 Å². The number of hydrogen-bond donors (Lipinski definition) is 0. The van der Waals surface area contributed by atoms with Gasteiger partial charge in [-0.2, -0.15) is 0 Å². The first-order valence-electron chi connectivity index (χ1n) is 9.04. The number of nitrogens with zero attached hydrogens (tertiary/aromatic N) is 4. The Morgan fingerprint density at radius 2 is 2.15 bits per heavy atom. The van der Waals surface area contributed by atoms with Crippen LogP contribution < -0.4 is 4.74 Å². The topological polar surface area (TPSA) is 59.3 Å². The monoisotopic (exact) mass is 456 g/mol. The Morgan fingerprint density at radius 3 is 2.81 bits per heavy atom. The van der Waals surface area contributed by atoms with Crippen molar-refractivity contribution in [3.05, 3.63) is 27.8 Å². The van der Waals surface area contributed by atoms with Crippen molar-refractivity contribution in [3.63, 3.8) is 0 Å². The number of aliphatic imine (C=N–C) groups is 1. The molecule has 8 heteroatoms. The fourth-order valence-electron chi connectivity index (χ4n) is 2.50. The predicted molar refractivity (Wildman–Crippen MR) is 114 cm³/mol. The van der Waals surface area contributed by atoms with E-state index in [0.29, 0.717) is 12.5 Å². The lowest BCUT2D eigenvalue weighted by Gasteiger charge is -2.24. The van der Waals surface area contributed by atoms with Crippen molar-refractivity contribution >= 4 is 45.3 Å². The lowest BCUT2D eigenvalue weighted by atomic mass is 9.96. The van der Waals surface area contributed by atoms with E-state index in [1.54, 1.807) is 6.08 Å². The van der Waals surface area contributed by atoms with E-state index in [2.05, 4.69) is 38.0 Å². The number of pyridine rings is 1. The standard InChI is InChI=1S/C19H26BrClN4O2/c1-4-25(3)13-22-18-12-17(20)19(23-14(18)2)27-16-8-6-15(7-9-16)24-26-11-5-10-21/h5,10,12-13,16H,4,6-9,11H2,1-3H3. The van der Waals surface area contributed by atoms with Crippen LogP contribution in [0.15, 0.2) is 32.3 Å². The summed E-state index contributed by atoms with van der Waals surface area (Å²) in [7, 11) is 1.99. The van der Waals surface area contributed by atoms with Crippen LogP contribution in [0, 0.1) is 6.92 Å². The molecule has 0 unspecified atom stereocenters. The van der Waals surface area contributed by atoms with E-state index < -0.39 is 0 Å². The summed E-state index contributed by atoms with van der Waals surface area (Å²) < 4.78 is 6.93. The lowest BCUT2D eigenvalue weighted by molar-refractivity contribution is 0.156. The van der Waals surface area contributed by atoms with Gasteiger partial charge in [0.05, 0.1) is 27.9 Å². The Labute approximate surface area is 174 Å². The molecule has 0 N–H and O–H groups in total. The summed E-state index contributed by atoms with van der Waals surface area (Å²) in [4.78, 5) is 16.3. The number of rotatable bonds is 8. The molecule has 0 aliphatic heterocycles. The first-order valence-corrected chi connectivity index (χ1v) is 10.3. The van der Waals surface area contributed by atoms with E-state index in [1.807, 2.05) is 31.3 Å². The molecular weight excluding hydrogens is 432 g/mol. The molecule has 0 aromatic carbocycles. The molecular formula is C19H26BrClN4O2. The van der Waals surface area contributed by atoms with Gasteiger partial charge in [-0.3, -0.25) is 0 Å². The van der Waals surface area contributed by atoms with Gasteiger partial charge in [-0.25, -0.2) is 9.98 Å². The number of halogens is 2.